The summed E-state index contributed by atoms with van der Waals surface area (Å²) in [5.41, 5.74) is 3.77. The number of anilines is 2. The van der Waals surface area contributed by atoms with Crippen molar-refractivity contribution in [2.45, 2.75) is 44.2 Å². The molecule has 1 amide bonds. The molecule has 200 valence electrons. The number of amides is 1. The Morgan fingerprint density at radius 1 is 1.10 bits per heavy atom. The van der Waals surface area contributed by atoms with E-state index in [9.17, 15) is 4.79 Å². The number of nitrogens with zero attached hydrogens (tertiary/aromatic N) is 7. The molecule has 6 heterocycles. The molecule has 0 spiro atoms. The third kappa shape index (κ3) is 4.10. The van der Waals surface area contributed by atoms with Gasteiger partial charge in [-0.1, -0.05) is 6.58 Å². The highest BCUT2D eigenvalue weighted by Gasteiger charge is 2.47. The molecule has 11 heteroatoms. The Kier molecular flexibility index (Phi) is 5.65. The van der Waals surface area contributed by atoms with E-state index in [-0.39, 0.29) is 29.6 Å². The quantitative estimate of drug-likeness (QED) is 0.299. The fraction of sp³-hybridized carbons (Fsp3) is 0.241. The molecule has 3 aliphatic rings. The summed E-state index contributed by atoms with van der Waals surface area (Å²) >= 11 is 0. The fourth-order valence-electron chi connectivity index (χ4n) is 5.84. The van der Waals surface area contributed by atoms with Crippen molar-refractivity contribution in [1.29, 1.82) is 0 Å². The molecule has 2 aliphatic heterocycles. The highest BCUT2D eigenvalue weighted by Crippen LogP contribution is 2.45. The Morgan fingerprint density at radius 2 is 1.95 bits per heavy atom. The maximum atomic E-state index is 15.3. The summed E-state index contributed by atoms with van der Waals surface area (Å²) in [7, 11) is 0. The lowest BCUT2D eigenvalue weighted by Gasteiger charge is -2.55. The lowest BCUT2D eigenvalue weighted by Crippen LogP contribution is -2.62. The number of fused-ring (bicyclic) bond motifs is 4. The number of carbonyl (C=O) groups is 1. The summed E-state index contributed by atoms with van der Waals surface area (Å²) in [5.74, 6) is 1.06. The van der Waals surface area contributed by atoms with Crippen molar-refractivity contribution >= 4 is 34.1 Å². The van der Waals surface area contributed by atoms with Gasteiger partial charge in [0.2, 0.25) is 5.91 Å². The van der Waals surface area contributed by atoms with E-state index in [0.29, 0.717) is 34.0 Å². The van der Waals surface area contributed by atoms with Crippen molar-refractivity contribution in [3.05, 3.63) is 85.0 Å². The number of pyridine rings is 2. The molecule has 8 rings (SSSR count). The van der Waals surface area contributed by atoms with Crippen LogP contribution in [0.4, 0.5) is 15.9 Å². The van der Waals surface area contributed by atoms with Crippen LogP contribution in [0.15, 0.2) is 67.9 Å². The van der Waals surface area contributed by atoms with Crippen LogP contribution in [-0.4, -0.2) is 52.4 Å². The third-order valence-electron chi connectivity index (χ3n) is 7.79. The van der Waals surface area contributed by atoms with Gasteiger partial charge in [0.15, 0.2) is 11.5 Å². The zero-order chi connectivity index (χ0) is 27.4. The molecule has 2 bridgehead atoms. The average Bonchev–Trinajstić information content (AvgIpc) is 3.43. The van der Waals surface area contributed by atoms with Gasteiger partial charge in [0.25, 0.3) is 0 Å². The van der Waals surface area contributed by atoms with Crippen LogP contribution in [0.3, 0.4) is 0 Å². The van der Waals surface area contributed by atoms with Crippen LogP contribution in [0.25, 0.3) is 16.7 Å². The van der Waals surface area contributed by atoms with E-state index in [1.165, 1.54) is 24.8 Å². The van der Waals surface area contributed by atoms with Crippen LogP contribution < -0.4 is 10.1 Å². The number of piperidine rings is 1. The molecule has 1 aliphatic carbocycles. The molecular formula is C29H25FN8O2. The molecule has 3 atom stereocenters. The summed E-state index contributed by atoms with van der Waals surface area (Å²) in [6.07, 6.45) is 8.73. The normalized spacial score (nSPS) is 19.9. The van der Waals surface area contributed by atoms with Gasteiger partial charge in [0.1, 0.15) is 35.5 Å². The molecule has 10 nitrogen and oxygen atoms in total. The molecule has 4 aromatic heterocycles. The van der Waals surface area contributed by atoms with Gasteiger partial charge in [0.05, 0.1) is 11.2 Å². The minimum absolute atomic E-state index is 0.00353. The summed E-state index contributed by atoms with van der Waals surface area (Å²) in [6, 6.07) is 10.8. The van der Waals surface area contributed by atoms with E-state index in [2.05, 4.69) is 31.9 Å². The molecule has 3 fully saturated rings. The molecule has 40 heavy (non-hydrogen) atoms. The molecular weight excluding hydrogens is 511 g/mol. The van der Waals surface area contributed by atoms with Crippen molar-refractivity contribution in [2.24, 2.45) is 0 Å². The molecule has 2 unspecified atom stereocenters. The Bertz CT molecular complexity index is 1790. The molecule has 1 N–H and O–H groups in total. The maximum Gasteiger partial charge on any atom is 0.246 e. The average molecular weight is 537 g/mol. The third-order valence-corrected chi connectivity index (χ3v) is 7.79. The first-order chi connectivity index (χ1) is 19.5. The number of hydrogen-bond acceptors (Lipinski definition) is 8. The van der Waals surface area contributed by atoms with Crippen molar-refractivity contribution in [2.75, 3.05) is 5.32 Å². The second-order valence-corrected chi connectivity index (χ2v) is 10.2. The Morgan fingerprint density at radius 3 is 2.77 bits per heavy atom. The molecule has 5 aromatic rings. The SMILES string of the molecule is C=CC(=O)N1C2CC(c3ccc4ncnc(Nc5cc(C)c(Oc6ccn7ncnc7c6)cc5F)c4n3)C[C@@H]1C2. The van der Waals surface area contributed by atoms with Crippen molar-refractivity contribution in [1.82, 2.24) is 34.4 Å². The number of ether oxygens (including phenoxy) is 1. The van der Waals surface area contributed by atoms with Crippen LogP contribution >= 0.6 is 0 Å². The van der Waals surface area contributed by atoms with E-state index in [1.54, 1.807) is 28.9 Å². The fourth-order valence-corrected chi connectivity index (χ4v) is 5.84. The van der Waals surface area contributed by atoms with E-state index < -0.39 is 5.82 Å². The molecule has 0 radical (unpaired) electrons. The number of nitrogens with one attached hydrogen (secondary N) is 1. The van der Waals surface area contributed by atoms with Crippen LogP contribution in [0, 0.1) is 12.7 Å². The predicted octanol–water partition coefficient (Wildman–Crippen LogP) is 5.08. The maximum absolute atomic E-state index is 15.3. The van der Waals surface area contributed by atoms with Gasteiger partial charge in [-0.15, -0.1) is 0 Å². The lowest BCUT2D eigenvalue weighted by molar-refractivity contribution is -0.144. The number of aryl methyl sites for hydroxylation is 1. The van der Waals surface area contributed by atoms with Crippen LogP contribution in [-0.2, 0) is 4.79 Å². The van der Waals surface area contributed by atoms with Crippen molar-refractivity contribution in [3.63, 3.8) is 0 Å². The summed E-state index contributed by atoms with van der Waals surface area (Å²) in [4.78, 5) is 31.9. The van der Waals surface area contributed by atoms with Crippen LogP contribution in [0.2, 0.25) is 0 Å². The van der Waals surface area contributed by atoms with E-state index in [1.807, 2.05) is 24.0 Å². The zero-order valence-corrected chi connectivity index (χ0v) is 21.7. The molecule has 1 saturated carbocycles. The zero-order valence-electron chi connectivity index (χ0n) is 21.7. The highest BCUT2D eigenvalue weighted by atomic mass is 19.1. The lowest BCUT2D eigenvalue weighted by atomic mass is 9.72. The minimum atomic E-state index is -0.494. The minimum Gasteiger partial charge on any atom is -0.457 e. The van der Waals surface area contributed by atoms with Crippen molar-refractivity contribution in [3.8, 4) is 11.5 Å². The van der Waals surface area contributed by atoms with Gasteiger partial charge in [-0.3, -0.25) is 4.79 Å². The Balaban J connectivity index is 1.14. The standard InChI is InChI=1S/C29H25FN8O2/c1-3-27(39)38-18-9-17(10-19(38)11-18)22-4-5-23-28(35-22)29(33-14-31-23)36-24-8-16(2)25(13-21(24)30)40-20-6-7-37-26(12-20)32-15-34-37/h3-8,12-15,17-19H,1,9-11H2,2H3,(H,31,33,36)/t17?,18-,19?/m1/s1. The number of carbonyl (C=O) groups excluding carboxylic acids is 1. The van der Waals surface area contributed by atoms with E-state index in [4.69, 9.17) is 9.72 Å². The largest absolute Gasteiger partial charge is 0.457 e. The van der Waals surface area contributed by atoms with Gasteiger partial charge < -0.3 is 15.0 Å². The molecule has 1 aromatic carbocycles. The number of halogens is 1. The number of hydrogen-bond donors (Lipinski definition) is 1. The summed E-state index contributed by atoms with van der Waals surface area (Å²) < 4.78 is 22.9. The predicted molar refractivity (Wildman–Crippen MR) is 146 cm³/mol. The van der Waals surface area contributed by atoms with Gasteiger partial charge in [-0.2, -0.15) is 5.10 Å². The Hall–Kier alpha value is -4.93. The number of benzene rings is 1. The van der Waals surface area contributed by atoms with E-state index in [0.717, 1.165) is 30.5 Å². The second kappa shape index (κ2) is 9.37. The molecule has 2 saturated heterocycles. The van der Waals surface area contributed by atoms with Gasteiger partial charge >= 0.3 is 0 Å². The van der Waals surface area contributed by atoms with Gasteiger partial charge in [-0.05, 0) is 62.1 Å². The Labute approximate surface area is 228 Å². The smallest absolute Gasteiger partial charge is 0.246 e. The van der Waals surface area contributed by atoms with E-state index >= 15 is 4.39 Å². The van der Waals surface area contributed by atoms with Crippen LogP contribution in [0.1, 0.15) is 36.4 Å². The number of rotatable bonds is 6. The topological polar surface area (TPSA) is 110 Å². The van der Waals surface area contributed by atoms with Gasteiger partial charge in [0, 0.05) is 42.0 Å². The van der Waals surface area contributed by atoms with Crippen molar-refractivity contribution < 1.29 is 13.9 Å². The first kappa shape index (κ1) is 24.1. The monoisotopic (exact) mass is 536 g/mol. The summed E-state index contributed by atoms with van der Waals surface area (Å²) in [6.45, 7) is 5.47. The first-order valence-electron chi connectivity index (χ1n) is 13.1. The van der Waals surface area contributed by atoms with Crippen LogP contribution in [0.5, 0.6) is 11.5 Å². The number of aromatic nitrogens is 6. The second-order valence-electron chi connectivity index (χ2n) is 10.2. The summed E-state index contributed by atoms with van der Waals surface area (Å²) in [5, 5.41) is 7.19. The van der Waals surface area contributed by atoms with Gasteiger partial charge in [-0.25, -0.2) is 28.8 Å². The first-order valence-corrected chi connectivity index (χ1v) is 13.1. The highest BCUT2D eigenvalue weighted by molar-refractivity contribution is 5.89.